The molecule has 3 rings (SSSR count). The predicted octanol–water partition coefficient (Wildman–Crippen LogP) is 4.34. The summed E-state index contributed by atoms with van der Waals surface area (Å²) in [7, 11) is 0. The predicted molar refractivity (Wildman–Crippen MR) is 100 cm³/mol. The highest BCUT2D eigenvalue weighted by Crippen LogP contribution is 2.41. The maximum Gasteiger partial charge on any atom is 0.290 e. The highest BCUT2D eigenvalue weighted by atomic mass is 19.1. The molecule has 0 saturated heterocycles. The lowest BCUT2D eigenvalue weighted by Crippen LogP contribution is -2.32. The van der Waals surface area contributed by atoms with Gasteiger partial charge in [0.2, 0.25) is 0 Å². The Kier molecular flexibility index (Phi) is 4.87. The molecule has 0 spiro atoms. The molecule has 0 saturated carbocycles. The summed E-state index contributed by atoms with van der Waals surface area (Å²) >= 11 is 0. The van der Waals surface area contributed by atoms with Crippen molar-refractivity contribution in [3.8, 4) is 0 Å². The van der Waals surface area contributed by atoms with Crippen LogP contribution in [-0.4, -0.2) is 21.7 Å². The van der Waals surface area contributed by atoms with Crippen LogP contribution in [0.15, 0.2) is 65.9 Å². The molecule has 4 nitrogen and oxygen atoms in total. The number of rotatable bonds is 4. The number of aliphatic hydroxyl groups excluding tert-OH is 1. The molecular weight excluding hydrogens is 345 g/mol. The second-order valence-corrected chi connectivity index (χ2v) is 7.71. The number of ketones is 1. The van der Waals surface area contributed by atoms with E-state index in [0.717, 1.165) is 5.56 Å². The van der Waals surface area contributed by atoms with E-state index in [1.165, 1.54) is 17.0 Å². The normalized spacial score (nSPS) is 17.6. The Morgan fingerprint density at radius 1 is 1.07 bits per heavy atom. The quantitative estimate of drug-likeness (QED) is 0.875. The first-order valence-corrected chi connectivity index (χ1v) is 8.78. The van der Waals surface area contributed by atoms with Gasteiger partial charge in [0.1, 0.15) is 5.82 Å². The van der Waals surface area contributed by atoms with Crippen molar-refractivity contribution in [3.05, 3.63) is 82.9 Å². The first kappa shape index (κ1) is 18.8. The van der Waals surface area contributed by atoms with E-state index >= 15 is 0 Å². The van der Waals surface area contributed by atoms with E-state index in [4.69, 9.17) is 0 Å². The van der Waals surface area contributed by atoms with Crippen molar-refractivity contribution < 1.29 is 19.1 Å². The smallest absolute Gasteiger partial charge is 0.290 e. The highest BCUT2D eigenvalue weighted by molar-refractivity contribution is 6.10. The van der Waals surface area contributed by atoms with Crippen molar-refractivity contribution >= 4 is 11.7 Å². The molecule has 1 atom stereocenters. The summed E-state index contributed by atoms with van der Waals surface area (Å²) in [5.74, 6) is -1.74. The molecule has 2 aromatic carbocycles. The zero-order valence-corrected chi connectivity index (χ0v) is 15.6. The average Bonchev–Trinajstić information content (AvgIpc) is 2.87. The Labute approximate surface area is 157 Å². The van der Waals surface area contributed by atoms with Crippen molar-refractivity contribution in [2.24, 2.45) is 5.41 Å². The van der Waals surface area contributed by atoms with E-state index in [1.54, 1.807) is 32.9 Å². The van der Waals surface area contributed by atoms with Gasteiger partial charge >= 0.3 is 0 Å². The molecule has 0 radical (unpaired) electrons. The van der Waals surface area contributed by atoms with Crippen LogP contribution >= 0.6 is 0 Å². The topological polar surface area (TPSA) is 57.6 Å². The molecule has 0 bridgehead atoms. The number of nitrogens with zero attached hydrogens (tertiary/aromatic N) is 1. The number of carbonyl (C=O) groups excluding carboxylic acids is 2. The number of benzene rings is 2. The summed E-state index contributed by atoms with van der Waals surface area (Å²) in [5, 5.41) is 10.5. The summed E-state index contributed by atoms with van der Waals surface area (Å²) < 4.78 is 13.2. The van der Waals surface area contributed by atoms with Crippen molar-refractivity contribution in [3.63, 3.8) is 0 Å². The van der Waals surface area contributed by atoms with Gasteiger partial charge in [-0.15, -0.1) is 0 Å². The minimum Gasteiger partial charge on any atom is -0.503 e. The molecule has 2 aromatic rings. The Hall–Kier alpha value is -2.95. The van der Waals surface area contributed by atoms with E-state index in [0.29, 0.717) is 5.56 Å². The van der Waals surface area contributed by atoms with Crippen LogP contribution in [0, 0.1) is 11.2 Å². The summed E-state index contributed by atoms with van der Waals surface area (Å²) in [6.45, 7) is 5.42. The third-order valence-corrected chi connectivity index (χ3v) is 4.61. The van der Waals surface area contributed by atoms with Gasteiger partial charge in [0.05, 0.1) is 11.6 Å². The number of hydrogen-bond donors (Lipinski definition) is 1. The van der Waals surface area contributed by atoms with Crippen LogP contribution < -0.4 is 0 Å². The first-order chi connectivity index (χ1) is 12.7. The first-order valence-electron chi connectivity index (χ1n) is 8.78. The number of carbonyl (C=O) groups is 2. The van der Waals surface area contributed by atoms with Gasteiger partial charge in [-0.25, -0.2) is 4.39 Å². The Morgan fingerprint density at radius 2 is 1.67 bits per heavy atom. The van der Waals surface area contributed by atoms with Gasteiger partial charge in [0, 0.05) is 12.0 Å². The van der Waals surface area contributed by atoms with Crippen LogP contribution in [0.3, 0.4) is 0 Å². The van der Waals surface area contributed by atoms with E-state index in [2.05, 4.69) is 0 Å². The lowest BCUT2D eigenvalue weighted by Gasteiger charge is -2.29. The molecule has 1 aliphatic heterocycles. The van der Waals surface area contributed by atoms with Crippen LogP contribution in [0.4, 0.5) is 4.39 Å². The number of amides is 1. The Bertz CT molecular complexity index is 895. The Morgan fingerprint density at radius 3 is 2.22 bits per heavy atom. The van der Waals surface area contributed by atoms with Crippen LogP contribution in [0.25, 0.3) is 0 Å². The van der Waals surface area contributed by atoms with Gasteiger partial charge in [-0.3, -0.25) is 9.59 Å². The fourth-order valence-electron chi connectivity index (χ4n) is 3.22. The van der Waals surface area contributed by atoms with Crippen LogP contribution in [0.5, 0.6) is 0 Å². The molecule has 1 amide bonds. The van der Waals surface area contributed by atoms with E-state index in [9.17, 15) is 19.1 Å². The minimum atomic E-state index is -0.748. The SMILES string of the molecule is CC(C)(C)C(=O)C1=C(O)C(=O)N(Cc2ccc(F)cc2)C1c1ccccc1. The molecule has 1 unspecified atom stereocenters. The molecule has 1 aliphatic rings. The molecule has 1 N–H and O–H groups in total. The van der Waals surface area contributed by atoms with Crippen molar-refractivity contribution in [2.45, 2.75) is 33.4 Å². The van der Waals surface area contributed by atoms with Gasteiger partial charge in [0.25, 0.3) is 5.91 Å². The third-order valence-electron chi connectivity index (χ3n) is 4.61. The van der Waals surface area contributed by atoms with Crippen molar-refractivity contribution in [1.82, 2.24) is 4.90 Å². The van der Waals surface area contributed by atoms with Crippen LogP contribution in [0.2, 0.25) is 0 Å². The highest BCUT2D eigenvalue weighted by Gasteiger charge is 2.45. The van der Waals surface area contributed by atoms with E-state index in [1.807, 2.05) is 30.3 Å². The fourth-order valence-corrected chi connectivity index (χ4v) is 3.22. The zero-order valence-electron chi connectivity index (χ0n) is 15.6. The number of halogens is 1. The van der Waals surface area contributed by atoms with Crippen molar-refractivity contribution in [1.29, 1.82) is 0 Å². The van der Waals surface area contributed by atoms with E-state index < -0.39 is 23.1 Å². The number of aliphatic hydroxyl groups is 1. The molecule has 0 aromatic heterocycles. The second-order valence-electron chi connectivity index (χ2n) is 7.71. The second kappa shape index (κ2) is 6.99. The summed E-state index contributed by atoms with van der Waals surface area (Å²) in [4.78, 5) is 27.3. The molecular formula is C22H22FNO3. The molecule has 1 heterocycles. The van der Waals surface area contributed by atoms with Gasteiger partial charge < -0.3 is 10.0 Å². The molecule has 140 valence electrons. The standard InChI is InChI=1S/C22H22FNO3/c1-22(2,3)20(26)17-18(15-7-5-4-6-8-15)24(21(27)19(17)25)13-14-9-11-16(23)12-10-14/h4-12,18,25H,13H2,1-3H3. The molecule has 27 heavy (non-hydrogen) atoms. The fraction of sp³-hybridized carbons (Fsp3) is 0.273. The summed E-state index contributed by atoms with van der Waals surface area (Å²) in [5.41, 5.74) is 0.816. The van der Waals surface area contributed by atoms with Gasteiger partial charge in [-0.2, -0.15) is 0 Å². The zero-order chi connectivity index (χ0) is 19.8. The largest absolute Gasteiger partial charge is 0.503 e. The van der Waals surface area contributed by atoms with Crippen LogP contribution in [-0.2, 0) is 16.1 Å². The van der Waals surface area contributed by atoms with E-state index in [-0.39, 0.29) is 23.7 Å². The number of hydrogen-bond acceptors (Lipinski definition) is 3. The maximum absolute atomic E-state index is 13.2. The van der Waals surface area contributed by atoms with Crippen molar-refractivity contribution in [2.75, 3.05) is 0 Å². The lowest BCUT2D eigenvalue weighted by atomic mass is 9.82. The maximum atomic E-state index is 13.2. The monoisotopic (exact) mass is 367 g/mol. The third kappa shape index (κ3) is 3.63. The molecule has 5 heteroatoms. The van der Waals surface area contributed by atoms with Gasteiger partial charge in [-0.1, -0.05) is 63.2 Å². The lowest BCUT2D eigenvalue weighted by molar-refractivity contribution is -0.130. The van der Waals surface area contributed by atoms with Gasteiger partial charge in [0.15, 0.2) is 11.5 Å². The molecule has 0 fully saturated rings. The van der Waals surface area contributed by atoms with Crippen LogP contribution in [0.1, 0.15) is 37.9 Å². The number of Topliss-reactive ketones (excluding diaryl/α,β-unsaturated/α-hetero) is 1. The van der Waals surface area contributed by atoms with Gasteiger partial charge in [-0.05, 0) is 23.3 Å². The summed E-state index contributed by atoms with van der Waals surface area (Å²) in [6, 6.07) is 14.3. The summed E-state index contributed by atoms with van der Waals surface area (Å²) in [6.07, 6.45) is 0. The Balaban J connectivity index is 2.06. The molecule has 0 aliphatic carbocycles. The average molecular weight is 367 g/mol. The minimum absolute atomic E-state index is 0.112.